The van der Waals surface area contributed by atoms with E-state index in [0.29, 0.717) is 23.6 Å². The number of hydrogen-bond acceptors (Lipinski definition) is 7. The van der Waals surface area contributed by atoms with E-state index in [4.69, 9.17) is 19.2 Å². The third-order valence-corrected chi connectivity index (χ3v) is 6.62. The van der Waals surface area contributed by atoms with Crippen LogP contribution >= 0.6 is 0 Å². The molecule has 0 aliphatic heterocycles. The van der Waals surface area contributed by atoms with Crippen molar-refractivity contribution in [2.45, 2.75) is 44.3 Å². The number of anilines is 2. The predicted octanol–water partition coefficient (Wildman–Crippen LogP) is 4.84. The van der Waals surface area contributed by atoms with Gasteiger partial charge >= 0.3 is 0 Å². The molecule has 4 rings (SSSR count). The zero-order valence-corrected chi connectivity index (χ0v) is 20.9. The van der Waals surface area contributed by atoms with Crippen LogP contribution in [0.25, 0.3) is 10.9 Å². The lowest BCUT2D eigenvalue weighted by Crippen LogP contribution is -2.36. The van der Waals surface area contributed by atoms with Crippen LogP contribution in [0, 0.1) is 0 Å². The maximum absolute atomic E-state index is 5.62. The van der Waals surface area contributed by atoms with E-state index in [-0.39, 0.29) is 0 Å². The summed E-state index contributed by atoms with van der Waals surface area (Å²) in [5.74, 6) is 2.99. The molecular weight excluding hydrogens is 428 g/mol. The second-order valence-electron chi connectivity index (χ2n) is 9.01. The molecule has 34 heavy (non-hydrogen) atoms. The summed E-state index contributed by atoms with van der Waals surface area (Å²) in [4.78, 5) is 7.02. The number of hydrogen-bond donors (Lipinski definition) is 2. The predicted molar refractivity (Wildman–Crippen MR) is 139 cm³/mol. The van der Waals surface area contributed by atoms with Gasteiger partial charge in [-0.05, 0) is 37.8 Å². The van der Waals surface area contributed by atoms with E-state index >= 15 is 0 Å². The van der Waals surface area contributed by atoms with Gasteiger partial charge in [0.15, 0.2) is 11.5 Å². The Bertz CT molecular complexity index is 1110. The van der Waals surface area contributed by atoms with E-state index in [2.05, 4.69) is 53.9 Å². The van der Waals surface area contributed by atoms with Gasteiger partial charge in [0.1, 0.15) is 5.82 Å². The van der Waals surface area contributed by atoms with Crippen molar-refractivity contribution < 1.29 is 14.2 Å². The molecular formula is C27H36N4O3. The van der Waals surface area contributed by atoms with Crippen LogP contribution in [0.4, 0.5) is 11.5 Å². The maximum Gasteiger partial charge on any atom is 0.203 e. The van der Waals surface area contributed by atoms with Gasteiger partial charge in [0.25, 0.3) is 0 Å². The van der Waals surface area contributed by atoms with Crippen molar-refractivity contribution in [2.75, 3.05) is 45.6 Å². The van der Waals surface area contributed by atoms with Gasteiger partial charge in [-0.1, -0.05) is 24.3 Å². The normalized spacial score (nSPS) is 17.9. The molecule has 1 heterocycles. The molecule has 0 amide bonds. The molecule has 182 valence electrons. The lowest BCUT2D eigenvalue weighted by molar-refractivity contribution is 0.318. The quantitative estimate of drug-likeness (QED) is 0.470. The zero-order chi connectivity index (χ0) is 24.1. The van der Waals surface area contributed by atoms with Crippen LogP contribution in [0.3, 0.4) is 0 Å². The van der Waals surface area contributed by atoms with Crippen LogP contribution < -0.4 is 29.7 Å². The summed E-state index contributed by atoms with van der Waals surface area (Å²) >= 11 is 0. The van der Waals surface area contributed by atoms with Gasteiger partial charge < -0.3 is 29.7 Å². The van der Waals surface area contributed by atoms with Crippen molar-refractivity contribution in [2.24, 2.45) is 0 Å². The first-order chi connectivity index (χ1) is 16.5. The molecule has 1 saturated carbocycles. The molecule has 0 radical (unpaired) electrons. The third kappa shape index (κ3) is 5.14. The average Bonchev–Trinajstić information content (AvgIpc) is 2.87. The molecule has 0 atom stereocenters. The standard InChI is InChI=1S/C27H36N4O3/c1-31(2)23-16-25(30-22-9-7-6-8-21(22)23)29-20-13-11-19(12-14-20)28-17-18-10-15-24(32-3)27(34-5)26(18)33-4/h6-10,15-16,19-20,28H,11-14,17H2,1-5H3,(H,29,30)/t19-,20+. The van der Waals surface area contributed by atoms with E-state index in [1.165, 1.54) is 11.1 Å². The van der Waals surface area contributed by atoms with Crippen molar-refractivity contribution in [3.8, 4) is 17.2 Å². The summed E-state index contributed by atoms with van der Waals surface area (Å²) in [5, 5.41) is 8.58. The Labute approximate surface area is 202 Å². The highest BCUT2D eigenvalue weighted by molar-refractivity contribution is 5.93. The number of methoxy groups -OCH3 is 3. The Kier molecular flexibility index (Phi) is 7.63. The van der Waals surface area contributed by atoms with E-state index in [1.54, 1.807) is 21.3 Å². The second kappa shape index (κ2) is 10.8. The zero-order valence-electron chi connectivity index (χ0n) is 20.9. The highest BCUT2D eigenvalue weighted by Gasteiger charge is 2.23. The molecule has 7 nitrogen and oxygen atoms in total. The van der Waals surface area contributed by atoms with Crippen molar-refractivity contribution >= 4 is 22.4 Å². The molecule has 1 fully saturated rings. The Morgan fingerprint density at radius 2 is 1.59 bits per heavy atom. The third-order valence-electron chi connectivity index (χ3n) is 6.62. The second-order valence-corrected chi connectivity index (χ2v) is 9.01. The summed E-state index contributed by atoms with van der Waals surface area (Å²) in [6.45, 7) is 0.727. The minimum atomic E-state index is 0.428. The van der Waals surface area contributed by atoms with E-state index in [9.17, 15) is 0 Å². The van der Waals surface area contributed by atoms with Gasteiger partial charge in [-0.15, -0.1) is 0 Å². The van der Waals surface area contributed by atoms with Crippen LogP contribution in [0.5, 0.6) is 17.2 Å². The Morgan fingerprint density at radius 1 is 0.882 bits per heavy atom. The van der Waals surface area contributed by atoms with E-state index in [1.807, 2.05) is 18.2 Å². The van der Waals surface area contributed by atoms with Crippen molar-refractivity contribution in [1.82, 2.24) is 10.3 Å². The van der Waals surface area contributed by atoms with Crippen molar-refractivity contribution in [1.29, 1.82) is 0 Å². The van der Waals surface area contributed by atoms with E-state index < -0.39 is 0 Å². The first-order valence-electron chi connectivity index (χ1n) is 11.9. The molecule has 0 unspecified atom stereocenters. The number of rotatable bonds is 9. The summed E-state index contributed by atoms with van der Waals surface area (Å²) in [6.07, 6.45) is 4.43. The van der Waals surface area contributed by atoms with Gasteiger partial charge in [-0.3, -0.25) is 0 Å². The van der Waals surface area contributed by atoms with Crippen molar-refractivity contribution in [3.63, 3.8) is 0 Å². The van der Waals surface area contributed by atoms with Crippen LogP contribution in [0.15, 0.2) is 42.5 Å². The molecule has 7 heteroatoms. The van der Waals surface area contributed by atoms with Crippen LogP contribution in [0.2, 0.25) is 0 Å². The number of aromatic nitrogens is 1. The fraction of sp³-hybridized carbons (Fsp3) is 0.444. The smallest absolute Gasteiger partial charge is 0.203 e. The first kappa shape index (κ1) is 24.0. The molecule has 1 aliphatic carbocycles. The van der Waals surface area contributed by atoms with Gasteiger partial charge in [-0.2, -0.15) is 0 Å². The number of nitrogens with zero attached hydrogens (tertiary/aromatic N) is 2. The Morgan fingerprint density at radius 3 is 2.26 bits per heavy atom. The fourth-order valence-electron chi connectivity index (χ4n) is 4.81. The number of benzene rings is 2. The minimum absolute atomic E-state index is 0.428. The van der Waals surface area contributed by atoms with Crippen LogP contribution in [0.1, 0.15) is 31.2 Å². The topological polar surface area (TPSA) is 67.9 Å². The summed E-state index contributed by atoms with van der Waals surface area (Å²) < 4.78 is 16.5. The monoisotopic (exact) mass is 464 g/mol. The van der Waals surface area contributed by atoms with Crippen LogP contribution in [-0.4, -0.2) is 52.5 Å². The minimum Gasteiger partial charge on any atom is -0.493 e. The summed E-state index contributed by atoms with van der Waals surface area (Å²) in [6, 6.07) is 15.3. The molecule has 2 N–H and O–H groups in total. The summed E-state index contributed by atoms with van der Waals surface area (Å²) in [5.41, 5.74) is 3.28. The molecule has 0 saturated heterocycles. The number of fused-ring (bicyclic) bond motifs is 1. The Balaban J connectivity index is 1.36. The molecule has 0 spiro atoms. The molecule has 1 aromatic heterocycles. The number of ether oxygens (including phenoxy) is 3. The number of para-hydroxylation sites is 1. The summed E-state index contributed by atoms with van der Waals surface area (Å²) in [7, 11) is 9.10. The van der Waals surface area contributed by atoms with Gasteiger partial charge in [0.2, 0.25) is 5.75 Å². The highest BCUT2D eigenvalue weighted by atomic mass is 16.5. The van der Waals surface area contributed by atoms with Gasteiger partial charge in [-0.25, -0.2) is 4.98 Å². The highest BCUT2D eigenvalue weighted by Crippen LogP contribution is 2.40. The number of pyridine rings is 1. The van der Waals surface area contributed by atoms with Crippen LogP contribution in [-0.2, 0) is 6.54 Å². The lowest BCUT2D eigenvalue weighted by atomic mass is 9.91. The Hall–Kier alpha value is -3.19. The molecule has 0 bridgehead atoms. The van der Waals surface area contributed by atoms with E-state index in [0.717, 1.165) is 54.9 Å². The average molecular weight is 465 g/mol. The maximum atomic E-state index is 5.62. The first-order valence-corrected chi connectivity index (χ1v) is 11.9. The number of nitrogens with one attached hydrogen (secondary N) is 2. The lowest BCUT2D eigenvalue weighted by Gasteiger charge is -2.30. The fourth-order valence-corrected chi connectivity index (χ4v) is 4.81. The molecule has 1 aliphatic rings. The van der Waals surface area contributed by atoms with Gasteiger partial charge in [0, 0.05) is 55.4 Å². The van der Waals surface area contributed by atoms with Gasteiger partial charge in [0.05, 0.1) is 26.8 Å². The largest absolute Gasteiger partial charge is 0.493 e. The molecule has 2 aromatic carbocycles. The van der Waals surface area contributed by atoms with Crippen molar-refractivity contribution in [3.05, 3.63) is 48.0 Å². The SMILES string of the molecule is COc1ccc(CN[C@H]2CC[C@@H](Nc3cc(N(C)C)c4ccccc4n3)CC2)c(OC)c1OC. The molecule has 3 aromatic rings.